The summed E-state index contributed by atoms with van der Waals surface area (Å²) in [6.07, 6.45) is -2.60. The van der Waals surface area contributed by atoms with Crippen molar-refractivity contribution >= 4 is 5.97 Å². The molecule has 3 N–H and O–H groups in total. The molecule has 2 heterocycles. The number of tetrazole rings is 1. The molecule has 2 aromatic heterocycles. The van der Waals surface area contributed by atoms with Crippen LogP contribution in [0.1, 0.15) is 11.3 Å². The molecule has 4 rings (SSSR count). The van der Waals surface area contributed by atoms with Crippen LogP contribution >= 0.6 is 0 Å². The van der Waals surface area contributed by atoms with Gasteiger partial charge in [-0.25, -0.2) is 13.5 Å². The third kappa shape index (κ3) is 6.02. The van der Waals surface area contributed by atoms with Crippen LogP contribution < -0.4 is 10.5 Å². The first-order valence-electron chi connectivity index (χ1n) is 12.0. The number of rotatable bonds is 11. The van der Waals surface area contributed by atoms with Gasteiger partial charge in [-0.1, -0.05) is 24.3 Å². The monoisotopic (exact) mass is 598 g/mol. The van der Waals surface area contributed by atoms with Crippen LogP contribution in [0.5, 0.6) is 5.75 Å². The summed E-state index contributed by atoms with van der Waals surface area (Å²) in [5.41, 5.74) is 1.46. The van der Waals surface area contributed by atoms with Gasteiger partial charge in [-0.2, -0.15) is 22.0 Å². The molecule has 0 fully saturated rings. The van der Waals surface area contributed by atoms with Crippen molar-refractivity contribution in [3.8, 4) is 16.9 Å². The molecule has 0 spiro atoms. The first-order valence-corrected chi connectivity index (χ1v) is 12.0. The van der Waals surface area contributed by atoms with Gasteiger partial charge in [-0.15, -0.1) is 5.10 Å². The molecule has 9 nitrogen and oxygen atoms in total. The lowest BCUT2D eigenvalue weighted by atomic mass is 9.64. The van der Waals surface area contributed by atoms with E-state index >= 15 is 13.2 Å². The van der Waals surface area contributed by atoms with E-state index in [1.54, 1.807) is 0 Å². The summed E-state index contributed by atoms with van der Waals surface area (Å²) in [4.78, 5) is 16.2. The highest BCUT2D eigenvalue weighted by atomic mass is 19.4. The Morgan fingerprint density at radius 3 is 2.21 bits per heavy atom. The van der Waals surface area contributed by atoms with Crippen LogP contribution in [-0.4, -0.2) is 55.6 Å². The third-order valence-electron chi connectivity index (χ3n) is 6.58. The van der Waals surface area contributed by atoms with Crippen molar-refractivity contribution in [2.24, 2.45) is 11.7 Å². The normalized spacial score (nSPS) is 14.3. The molecule has 0 aliphatic rings. The smallest absolute Gasteiger partial charge is 0.422 e. The van der Waals surface area contributed by atoms with Crippen LogP contribution in [0.4, 0.5) is 30.7 Å². The van der Waals surface area contributed by atoms with Crippen molar-refractivity contribution in [2.75, 3.05) is 13.2 Å². The predicted octanol–water partition coefficient (Wildman–Crippen LogP) is 4.34. The molecule has 16 heteroatoms. The molecule has 4 aromatic rings. The summed E-state index contributed by atoms with van der Waals surface area (Å²) in [7, 11) is 0. The van der Waals surface area contributed by atoms with Crippen LogP contribution in [0.15, 0.2) is 67.1 Å². The lowest BCUT2D eigenvalue weighted by molar-refractivity contribution is -0.163. The average Bonchev–Trinajstić information content (AvgIpc) is 3.44. The van der Waals surface area contributed by atoms with Crippen LogP contribution in [0, 0.1) is 17.6 Å². The van der Waals surface area contributed by atoms with E-state index in [0.717, 1.165) is 23.3 Å². The zero-order valence-corrected chi connectivity index (χ0v) is 21.3. The fraction of sp³-hybridized carbons (Fsp3) is 0.269. The number of carboxylic acids is 1. The Morgan fingerprint density at radius 1 is 1.00 bits per heavy atom. The van der Waals surface area contributed by atoms with Crippen molar-refractivity contribution < 1.29 is 45.4 Å². The van der Waals surface area contributed by atoms with E-state index in [2.05, 4.69) is 25.2 Å². The second-order valence-corrected chi connectivity index (χ2v) is 9.16. The molecule has 0 aliphatic carbocycles. The molecule has 2 aromatic carbocycles. The third-order valence-corrected chi connectivity index (χ3v) is 6.58. The van der Waals surface area contributed by atoms with Crippen molar-refractivity contribution in [3.05, 3.63) is 90.0 Å². The molecule has 0 aliphatic heterocycles. The number of pyridine rings is 1. The number of hydrogen-bond donors (Lipinski definition) is 2. The highest BCUT2D eigenvalue weighted by molar-refractivity contribution is 5.73. The van der Waals surface area contributed by atoms with Crippen LogP contribution in [0.2, 0.25) is 0 Å². The number of alkyl halides is 5. The molecule has 0 saturated carbocycles. The Hall–Kier alpha value is -4.60. The number of hydrogen-bond acceptors (Lipinski definition) is 7. The first kappa shape index (κ1) is 30.4. The van der Waals surface area contributed by atoms with Gasteiger partial charge in [0.05, 0.1) is 12.5 Å². The van der Waals surface area contributed by atoms with E-state index in [1.165, 1.54) is 30.3 Å². The molecular formula is C26H21F7N6O3. The number of ether oxygens (including phenoxy) is 1. The van der Waals surface area contributed by atoms with Crippen molar-refractivity contribution in [1.82, 2.24) is 25.2 Å². The van der Waals surface area contributed by atoms with E-state index in [-0.39, 0.29) is 11.3 Å². The van der Waals surface area contributed by atoms with Gasteiger partial charge >= 0.3 is 18.1 Å². The van der Waals surface area contributed by atoms with Crippen molar-refractivity contribution in [1.29, 1.82) is 0 Å². The quantitative estimate of drug-likeness (QED) is 0.244. The molecule has 0 amide bonds. The van der Waals surface area contributed by atoms with E-state index < -0.39 is 72.0 Å². The number of aromatic nitrogens is 5. The zero-order valence-electron chi connectivity index (χ0n) is 21.3. The second kappa shape index (κ2) is 11.7. The minimum absolute atomic E-state index is 0.0811. The first-order chi connectivity index (χ1) is 19.8. The molecule has 0 saturated heterocycles. The lowest BCUT2D eigenvalue weighted by Crippen LogP contribution is -2.57. The van der Waals surface area contributed by atoms with Crippen molar-refractivity contribution in [3.63, 3.8) is 0 Å². The van der Waals surface area contributed by atoms with E-state index in [4.69, 9.17) is 5.73 Å². The minimum atomic E-state index is -4.54. The standard InChI is InChI=1S/C26H21F7N6O3/c27-17-4-7-19(21(28)9-17)24(20(10-34)23(40)41,12-39-14-36-37-38-39)26(32,33)22-8-3-16(11-35-22)15-1-5-18(6-2-15)42-13-25(29,30)31/h1-9,11,14,20H,10,12-13,34H2,(H,40,41). The molecule has 222 valence electrons. The molecule has 0 bridgehead atoms. The molecule has 0 radical (unpaired) electrons. The molecule has 2 atom stereocenters. The fourth-order valence-electron chi connectivity index (χ4n) is 4.63. The summed E-state index contributed by atoms with van der Waals surface area (Å²) >= 11 is 0. The highest BCUT2D eigenvalue weighted by Crippen LogP contribution is 2.53. The van der Waals surface area contributed by atoms with Gasteiger partial charge in [-0.3, -0.25) is 9.78 Å². The Labute approximate surface area is 232 Å². The number of carbonyl (C=O) groups is 1. The molecule has 2 unspecified atom stereocenters. The Kier molecular flexibility index (Phi) is 8.47. The molecule has 42 heavy (non-hydrogen) atoms. The second-order valence-electron chi connectivity index (χ2n) is 9.16. The number of carboxylic acid groups (broad SMARTS) is 1. The zero-order chi connectivity index (χ0) is 30.7. The number of benzene rings is 2. The van der Waals surface area contributed by atoms with Crippen LogP contribution in [-0.2, 0) is 22.7 Å². The predicted molar refractivity (Wildman–Crippen MR) is 131 cm³/mol. The Balaban J connectivity index is 1.80. The summed E-state index contributed by atoms with van der Waals surface area (Å²) < 4.78 is 105. The van der Waals surface area contributed by atoms with E-state index in [1.807, 2.05) is 0 Å². The Bertz CT molecular complexity index is 1520. The van der Waals surface area contributed by atoms with E-state index in [9.17, 15) is 27.5 Å². The van der Waals surface area contributed by atoms with Gasteiger partial charge in [0.2, 0.25) is 0 Å². The minimum Gasteiger partial charge on any atom is -0.484 e. The maximum absolute atomic E-state index is 16.8. The van der Waals surface area contributed by atoms with Gasteiger partial charge < -0.3 is 15.6 Å². The van der Waals surface area contributed by atoms with Crippen molar-refractivity contribution in [2.45, 2.75) is 24.1 Å². The van der Waals surface area contributed by atoms with Crippen LogP contribution in [0.25, 0.3) is 11.1 Å². The van der Waals surface area contributed by atoms with Gasteiger partial charge in [-0.05, 0) is 40.3 Å². The summed E-state index contributed by atoms with van der Waals surface area (Å²) in [5, 5.41) is 20.3. The van der Waals surface area contributed by atoms with Crippen LogP contribution in [0.3, 0.4) is 0 Å². The largest absolute Gasteiger partial charge is 0.484 e. The van der Waals surface area contributed by atoms with Gasteiger partial charge in [0.1, 0.15) is 34.8 Å². The summed E-state index contributed by atoms with van der Waals surface area (Å²) in [5.74, 6) is -10.9. The highest BCUT2D eigenvalue weighted by Gasteiger charge is 2.64. The SMILES string of the molecule is NCC(C(=O)O)C(Cn1cnnn1)(c1ccc(F)cc1F)C(F)(F)c1ccc(-c2ccc(OCC(F)(F)F)cc2)cn1. The maximum Gasteiger partial charge on any atom is 0.422 e. The lowest BCUT2D eigenvalue weighted by Gasteiger charge is -2.43. The maximum atomic E-state index is 16.8. The van der Waals surface area contributed by atoms with Gasteiger partial charge in [0, 0.05) is 29.9 Å². The average molecular weight is 598 g/mol. The number of aliphatic carboxylic acids is 1. The number of nitrogens with zero attached hydrogens (tertiary/aromatic N) is 5. The summed E-state index contributed by atoms with van der Waals surface area (Å²) in [6.45, 7) is -3.38. The molecular weight excluding hydrogens is 577 g/mol. The summed E-state index contributed by atoms with van der Waals surface area (Å²) in [6, 6.07) is 9.11. The van der Waals surface area contributed by atoms with Gasteiger partial charge in [0.15, 0.2) is 6.61 Å². The topological polar surface area (TPSA) is 129 Å². The number of halogens is 7. The van der Waals surface area contributed by atoms with E-state index in [0.29, 0.717) is 23.8 Å². The Morgan fingerprint density at radius 2 is 1.69 bits per heavy atom. The fourth-order valence-corrected chi connectivity index (χ4v) is 4.63. The van der Waals surface area contributed by atoms with Gasteiger partial charge in [0.25, 0.3) is 0 Å². The number of nitrogens with two attached hydrogens (primary N) is 1.